The van der Waals surface area contributed by atoms with Crippen molar-refractivity contribution in [2.45, 2.75) is 44.9 Å². The number of carbonyl (C=O) groups is 1. The van der Waals surface area contributed by atoms with Gasteiger partial charge in [0.05, 0.1) is 6.04 Å². The molecule has 3 nitrogen and oxygen atoms in total. The minimum atomic E-state index is -0.173. The highest BCUT2D eigenvalue weighted by Gasteiger charge is 2.42. The van der Waals surface area contributed by atoms with Crippen molar-refractivity contribution >= 4 is 5.91 Å². The summed E-state index contributed by atoms with van der Waals surface area (Å²) in [4.78, 5) is 14.6. The van der Waals surface area contributed by atoms with Gasteiger partial charge in [-0.25, -0.2) is 0 Å². The lowest BCUT2D eigenvalue weighted by atomic mass is 9.93. The van der Waals surface area contributed by atoms with E-state index in [4.69, 9.17) is 4.74 Å². The van der Waals surface area contributed by atoms with Crippen molar-refractivity contribution in [2.75, 3.05) is 7.11 Å². The van der Waals surface area contributed by atoms with Gasteiger partial charge in [0.2, 0.25) is 0 Å². The summed E-state index contributed by atoms with van der Waals surface area (Å²) < 4.78 is 5.65. The van der Waals surface area contributed by atoms with Crippen LogP contribution in [-0.2, 0) is 9.53 Å². The maximum Gasteiger partial charge on any atom is 0.252 e. The number of rotatable bonds is 3. The molecule has 2 aliphatic rings. The normalized spacial score (nSPS) is 24.0. The van der Waals surface area contributed by atoms with Crippen molar-refractivity contribution in [1.29, 1.82) is 0 Å². The second-order valence-electron chi connectivity index (χ2n) is 5.60. The highest BCUT2D eigenvalue weighted by Crippen LogP contribution is 2.40. The average Bonchev–Trinajstić information content (AvgIpc) is 2.80. The maximum atomic E-state index is 12.7. The number of carbonyl (C=O) groups excluding carboxylic acids is 1. The van der Waals surface area contributed by atoms with E-state index in [1.54, 1.807) is 7.11 Å². The summed E-state index contributed by atoms with van der Waals surface area (Å²) in [5.41, 5.74) is 3.38. The number of methoxy groups -OCH3 is 1. The first kappa shape index (κ1) is 13.4. The summed E-state index contributed by atoms with van der Waals surface area (Å²) in [6, 6.07) is 10.2. The second-order valence-corrected chi connectivity index (χ2v) is 5.60. The maximum absolute atomic E-state index is 12.7. The van der Waals surface area contributed by atoms with Crippen molar-refractivity contribution in [2.24, 2.45) is 0 Å². The molecule has 0 N–H and O–H groups in total. The minimum absolute atomic E-state index is 0.0410. The van der Waals surface area contributed by atoms with Crippen LogP contribution in [-0.4, -0.2) is 24.1 Å². The number of amides is 1. The third-order valence-electron chi connectivity index (χ3n) is 4.48. The molecule has 2 atom stereocenters. The lowest BCUT2D eigenvalue weighted by Crippen LogP contribution is -2.38. The van der Waals surface area contributed by atoms with E-state index in [0.717, 1.165) is 30.4 Å². The molecular formula is C17H21NO2. The van der Waals surface area contributed by atoms with Gasteiger partial charge in [-0.2, -0.15) is 0 Å². The largest absolute Gasteiger partial charge is 0.357 e. The van der Waals surface area contributed by atoms with Gasteiger partial charge in [0.25, 0.3) is 5.91 Å². The summed E-state index contributed by atoms with van der Waals surface area (Å²) in [5.74, 6) is 0.169. The number of benzene rings is 1. The Kier molecular flexibility index (Phi) is 3.62. The monoisotopic (exact) mass is 271 g/mol. The molecule has 1 aliphatic carbocycles. The van der Waals surface area contributed by atoms with Gasteiger partial charge < -0.3 is 9.64 Å². The van der Waals surface area contributed by atoms with Crippen LogP contribution in [0.2, 0.25) is 0 Å². The minimum Gasteiger partial charge on any atom is -0.357 e. The molecule has 0 saturated carbocycles. The average molecular weight is 271 g/mol. The molecule has 0 unspecified atom stereocenters. The van der Waals surface area contributed by atoms with E-state index in [9.17, 15) is 4.79 Å². The highest BCUT2D eigenvalue weighted by atomic mass is 16.5. The predicted molar refractivity (Wildman–Crippen MR) is 78.0 cm³/mol. The molecule has 1 aromatic carbocycles. The molecule has 1 heterocycles. The second kappa shape index (κ2) is 5.41. The van der Waals surface area contributed by atoms with Crippen molar-refractivity contribution in [3.63, 3.8) is 0 Å². The summed E-state index contributed by atoms with van der Waals surface area (Å²) in [6.07, 6.45) is 4.02. The van der Waals surface area contributed by atoms with Gasteiger partial charge in [-0.3, -0.25) is 4.79 Å². The Balaban J connectivity index is 1.92. The Bertz CT molecular complexity index is 535. The molecule has 0 aromatic heterocycles. The van der Waals surface area contributed by atoms with Gasteiger partial charge in [0.1, 0.15) is 0 Å². The lowest BCUT2D eigenvalue weighted by Gasteiger charge is -2.31. The van der Waals surface area contributed by atoms with Crippen LogP contribution in [0.4, 0.5) is 0 Å². The Morgan fingerprint density at radius 3 is 2.60 bits per heavy atom. The van der Waals surface area contributed by atoms with Crippen LogP contribution >= 0.6 is 0 Å². The van der Waals surface area contributed by atoms with Crippen molar-refractivity contribution in [1.82, 2.24) is 4.90 Å². The fourth-order valence-electron chi connectivity index (χ4n) is 3.40. The molecule has 1 amide bonds. The van der Waals surface area contributed by atoms with Gasteiger partial charge >= 0.3 is 0 Å². The van der Waals surface area contributed by atoms with Gasteiger partial charge in [-0.1, -0.05) is 30.3 Å². The molecule has 0 bridgehead atoms. The highest BCUT2D eigenvalue weighted by molar-refractivity contribution is 5.98. The third-order valence-corrected chi connectivity index (χ3v) is 4.48. The van der Waals surface area contributed by atoms with Crippen LogP contribution in [0.1, 0.15) is 44.2 Å². The Morgan fingerprint density at radius 1 is 1.20 bits per heavy atom. The third kappa shape index (κ3) is 2.06. The lowest BCUT2D eigenvalue weighted by molar-refractivity contribution is -0.137. The molecule has 20 heavy (non-hydrogen) atoms. The molecular weight excluding hydrogens is 250 g/mol. The van der Waals surface area contributed by atoms with E-state index >= 15 is 0 Å². The molecule has 1 aromatic rings. The van der Waals surface area contributed by atoms with Crippen LogP contribution < -0.4 is 0 Å². The molecule has 106 valence electrons. The topological polar surface area (TPSA) is 29.5 Å². The van der Waals surface area contributed by atoms with E-state index in [1.165, 1.54) is 12.0 Å². The predicted octanol–water partition coefficient (Wildman–Crippen LogP) is 3.43. The molecule has 0 radical (unpaired) electrons. The fraction of sp³-hybridized carbons (Fsp3) is 0.471. The quantitative estimate of drug-likeness (QED) is 0.843. The zero-order chi connectivity index (χ0) is 14.1. The SMILES string of the molecule is CO[C@@H]1C2=C(CCCC2)C(=O)N1[C@@H](C)c1ccccc1. The number of nitrogens with zero attached hydrogens (tertiary/aromatic N) is 1. The number of hydrogen-bond donors (Lipinski definition) is 0. The van der Waals surface area contributed by atoms with E-state index in [-0.39, 0.29) is 18.2 Å². The molecule has 0 spiro atoms. The van der Waals surface area contributed by atoms with Gasteiger partial charge in [-0.15, -0.1) is 0 Å². The van der Waals surface area contributed by atoms with E-state index in [0.29, 0.717) is 0 Å². The molecule has 3 heteroatoms. The van der Waals surface area contributed by atoms with Crippen LogP contribution in [0.15, 0.2) is 41.5 Å². The molecule has 0 fully saturated rings. The summed E-state index contributed by atoms with van der Waals surface area (Å²) in [5, 5.41) is 0. The van der Waals surface area contributed by atoms with Gasteiger partial charge in [0.15, 0.2) is 6.23 Å². The summed E-state index contributed by atoms with van der Waals surface area (Å²) in [6.45, 7) is 2.08. The Labute approximate surface area is 120 Å². The first-order valence-corrected chi connectivity index (χ1v) is 7.36. The zero-order valence-electron chi connectivity index (χ0n) is 12.1. The zero-order valence-corrected chi connectivity index (χ0v) is 12.1. The van der Waals surface area contributed by atoms with Crippen molar-refractivity contribution < 1.29 is 9.53 Å². The van der Waals surface area contributed by atoms with Crippen LogP contribution in [0.3, 0.4) is 0 Å². The summed E-state index contributed by atoms with van der Waals surface area (Å²) >= 11 is 0. The number of ether oxygens (including phenoxy) is 1. The van der Waals surface area contributed by atoms with Crippen LogP contribution in [0.25, 0.3) is 0 Å². The fourth-order valence-corrected chi connectivity index (χ4v) is 3.40. The standard InChI is InChI=1S/C17H21NO2/c1-12(13-8-4-3-5-9-13)18-16(19)14-10-6-7-11-15(14)17(18)20-2/h3-5,8-9,12,17H,6-7,10-11H2,1-2H3/t12-,17+/m0/s1. The van der Waals surface area contributed by atoms with Crippen LogP contribution in [0.5, 0.6) is 0 Å². The van der Waals surface area contributed by atoms with E-state index in [1.807, 2.05) is 23.1 Å². The van der Waals surface area contributed by atoms with Crippen molar-refractivity contribution in [3.05, 3.63) is 47.0 Å². The van der Waals surface area contributed by atoms with E-state index in [2.05, 4.69) is 19.1 Å². The Hall–Kier alpha value is -1.61. The Morgan fingerprint density at radius 2 is 1.90 bits per heavy atom. The van der Waals surface area contributed by atoms with Crippen molar-refractivity contribution in [3.8, 4) is 0 Å². The number of hydrogen-bond acceptors (Lipinski definition) is 2. The molecule has 0 saturated heterocycles. The van der Waals surface area contributed by atoms with Gasteiger partial charge in [-0.05, 0) is 43.7 Å². The van der Waals surface area contributed by atoms with Crippen LogP contribution in [0, 0.1) is 0 Å². The van der Waals surface area contributed by atoms with E-state index < -0.39 is 0 Å². The first-order valence-electron chi connectivity index (χ1n) is 7.36. The van der Waals surface area contributed by atoms with Gasteiger partial charge in [0, 0.05) is 12.7 Å². The first-order chi connectivity index (χ1) is 9.74. The molecule has 3 rings (SSSR count). The summed E-state index contributed by atoms with van der Waals surface area (Å²) in [7, 11) is 1.70. The smallest absolute Gasteiger partial charge is 0.252 e. The molecule has 1 aliphatic heterocycles.